The van der Waals surface area contributed by atoms with Crippen LogP contribution in [-0.2, 0) is 5.41 Å². The predicted octanol–water partition coefficient (Wildman–Crippen LogP) is 8.46. The zero-order valence-electron chi connectivity index (χ0n) is 27.2. The number of hydrogen-bond donors (Lipinski definition) is 1. The van der Waals surface area contributed by atoms with Gasteiger partial charge in [-0.15, -0.1) is 0 Å². The number of anilines is 3. The SMILES string of the molecule is CC1(C)C2=C(c3ccccc3N(c3cc(C4=c5oc6ccncc6c5=CNC4)cc(-c4ccccc4)c3)c3ccccc32)c2ccncc21. The minimum absolute atomic E-state index is 0.234. The van der Waals surface area contributed by atoms with Crippen LogP contribution in [0.25, 0.3) is 45.0 Å². The van der Waals surface area contributed by atoms with E-state index < -0.39 is 0 Å². The topological polar surface area (TPSA) is 54.2 Å². The zero-order chi connectivity index (χ0) is 32.7. The summed E-state index contributed by atoms with van der Waals surface area (Å²) in [5.74, 6) is 0. The van der Waals surface area contributed by atoms with Gasteiger partial charge in [0.05, 0.1) is 11.4 Å². The Bertz CT molecular complexity index is 2650. The molecule has 1 aliphatic carbocycles. The fourth-order valence-electron chi connectivity index (χ4n) is 8.22. The molecule has 2 aliphatic heterocycles. The molecule has 0 saturated carbocycles. The molecule has 0 bridgehead atoms. The molecule has 5 heterocycles. The lowest BCUT2D eigenvalue weighted by Crippen LogP contribution is -2.34. The summed E-state index contributed by atoms with van der Waals surface area (Å²) >= 11 is 0. The van der Waals surface area contributed by atoms with Crippen molar-refractivity contribution in [2.24, 2.45) is 0 Å². The van der Waals surface area contributed by atoms with E-state index in [0.717, 1.165) is 60.9 Å². The smallest absolute Gasteiger partial charge is 0.142 e. The summed E-state index contributed by atoms with van der Waals surface area (Å²) in [6.45, 7) is 5.33. The molecule has 7 aromatic rings. The van der Waals surface area contributed by atoms with Crippen LogP contribution >= 0.6 is 0 Å². The highest BCUT2D eigenvalue weighted by Crippen LogP contribution is 2.59. The number of aromatic nitrogens is 2. The number of rotatable bonds is 3. The summed E-state index contributed by atoms with van der Waals surface area (Å²) < 4.78 is 6.55. The normalized spacial score (nSPS) is 15.4. The molecule has 5 nitrogen and oxygen atoms in total. The molecule has 0 spiro atoms. The quantitative estimate of drug-likeness (QED) is 0.212. The summed E-state index contributed by atoms with van der Waals surface area (Å²) in [6.07, 6.45) is 9.70. The third kappa shape index (κ3) is 4.05. The average Bonchev–Trinajstić information content (AvgIpc) is 3.59. The molecule has 0 amide bonds. The molecule has 234 valence electrons. The van der Waals surface area contributed by atoms with Crippen molar-refractivity contribution in [3.8, 4) is 11.1 Å². The number of pyridine rings is 2. The van der Waals surface area contributed by atoms with E-state index in [0.29, 0.717) is 6.54 Å². The van der Waals surface area contributed by atoms with Crippen molar-refractivity contribution < 1.29 is 4.42 Å². The molecule has 3 aromatic heterocycles. The number of furan rings is 1. The third-order valence-electron chi connectivity index (χ3n) is 10.4. The number of para-hydroxylation sites is 2. The van der Waals surface area contributed by atoms with Gasteiger partial charge in [-0.05, 0) is 81.4 Å². The Morgan fingerprint density at radius 3 is 2.27 bits per heavy atom. The van der Waals surface area contributed by atoms with Gasteiger partial charge < -0.3 is 14.6 Å². The van der Waals surface area contributed by atoms with Gasteiger partial charge in [0.1, 0.15) is 11.0 Å². The van der Waals surface area contributed by atoms with Crippen LogP contribution in [0.2, 0.25) is 0 Å². The maximum Gasteiger partial charge on any atom is 0.142 e. The van der Waals surface area contributed by atoms with Crippen LogP contribution in [0.15, 0.2) is 138 Å². The van der Waals surface area contributed by atoms with E-state index in [-0.39, 0.29) is 5.41 Å². The Hall–Kier alpha value is -6.20. The van der Waals surface area contributed by atoms with Gasteiger partial charge >= 0.3 is 0 Å². The van der Waals surface area contributed by atoms with Crippen molar-refractivity contribution in [1.82, 2.24) is 15.3 Å². The van der Waals surface area contributed by atoms with Gasteiger partial charge in [-0.1, -0.05) is 80.6 Å². The lowest BCUT2D eigenvalue weighted by Gasteiger charge is -2.31. The molecular weight excluding hydrogens is 601 g/mol. The number of allylic oxidation sites excluding steroid dienone is 1. The van der Waals surface area contributed by atoms with E-state index in [2.05, 4.69) is 150 Å². The number of nitrogens with zero attached hydrogens (tertiary/aromatic N) is 3. The van der Waals surface area contributed by atoms with E-state index in [4.69, 9.17) is 4.42 Å². The van der Waals surface area contributed by atoms with Gasteiger partial charge in [-0.25, -0.2) is 0 Å². The van der Waals surface area contributed by atoms with Gasteiger partial charge in [0.25, 0.3) is 0 Å². The minimum atomic E-state index is -0.234. The summed E-state index contributed by atoms with van der Waals surface area (Å²) in [6, 6.07) is 39.5. The maximum absolute atomic E-state index is 6.55. The van der Waals surface area contributed by atoms with Crippen LogP contribution in [0.4, 0.5) is 17.1 Å². The molecule has 4 aromatic carbocycles. The standard InChI is InChI=1S/C44H32N4O/c1-44(2)37-26-46-18-16-31(37)41-32-12-6-8-14-38(32)48(39-15-9-7-13-33(39)42(41)44)30-21-28(27-10-4-3-5-11-27)20-29(22-30)34-23-47-25-36-35-24-45-19-17-40(35)49-43(34)36/h3-22,24-26,47H,23H2,1-2H3. The highest BCUT2D eigenvalue weighted by atomic mass is 16.3. The van der Waals surface area contributed by atoms with Crippen LogP contribution in [0, 0.1) is 0 Å². The van der Waals surface area contributed by atoms with Crippen LogP contribution in [-0.4, -0.2) is 16.5 Å². The van der Waals surface area contributed by atoms with Crippen molar-refractivity contribution in [1.29, 1.82) is 0 Å². The van der Waals surface area contributed by atoms with Crippen molar-refractivity contribution in [2.75, 3.05) is 11.4 Å². The Morgan fingerprint density at radius 2 is 1.41 bits per heavy atom. The Kier molecular flexibility index (Phi) is 5.91. The summed E-state index contributed by atoms with van der Waals surface area (Å²) in [7, 11) is 0. The van der Waals surface area contributed by atoms with Crippen molar-refractivity contribution in [3.63, 3.8) is 0 Å². The number of hydrogen-bond acceptors (Lipinski definition) is 5. The molecule has 49 heavy (non-hydrogen) atoms. The van der Waals surface area contributed by atoms with Gasteiger partial charge in [-0.2, -0.15) is 0 Å². The average molecular weight is 633 g/mol. The van der Waals surface area contributed by atoms with E-state index >= 15 is 0 Å². The third-order valence-corrected chi connectivity index (χ3v) is 10.4. The highest BCUT2D eigenvalue weighted by Gasteiger charge is 2.43. The predicted molar refractivity (Wildman–Crippen MR) is 198 cm³/mol. The van der Waals surface area contributed by atoms with E-state index in [1.165, 1.54) is 33.4 Å². The number of nitrogens with one attached hydrogen (secondary N) is 1. The molecular formula is C44H32N4O. The molecule has 0 saturated heterocycles. The van der Waals surface area contributed by atoms with Crippen LogP contribution in [0.3, 0.4) is 0 Å². The second kappa shape index (κ2) is 10.4. The molecule has 1 N–H and O–H groups in total. The van der Waals surface area contributed by atoms with Gasteiger partial charge in [0.15, 0.2) is 0 Å². The Balaban J connectivity index is 1.28. The van der Waals surface area contributed by atoms with Gasteiger partial charge in [-0.3, -0.25) is 9.97 Å². The van der Waals surface area contributed by atoms with Crippen LogP contribution in [0.1, 0.15) is 41.7 Å². The summed E-state index contributed by atoms with van der Waals surface area (Å²) in [5, 5.41) is 5.59. The molecule has 0 radical (unpaired) electrons. The van der Waals surface area contributed by atoms with Crippen LogP contribution < -0.4 is 20.9 Å². The largest absolute Gasteiger partial charge is 0.456 e. The monoisotopic (exact) mass is 632 g/mol. The van der Waals surface area contributed by atoms with E-state index in [1.54, 1.807) is 6.20 Å². The van der Waals surface area contributed by atoms with Crippen molar-refractivity contribution in [2.45, 2.75) is 19.3 Å². The first-order valence-electron chi connectivity index (χ1n) is 16.8. The molecule has 0 atom stereocenters. The lowest BCUT2D eigenvalue weighted by atomic mass is 9.78. The lowest BCUT2D eigenvalue weighted by molar-refractivity contribution is 0.568. The molecule has 10 rings (SSSR count). The fraction of sp³-hybridized carbons (Fsp3) is 0.0909. The van der Waals surface area contributed by atoms with Crippen molar-refractivity contribution in [3.05, 3.63) is 172 Å². The number of benzene rings is 4. The highest BCUT2D eigenvalue weighted by molar-refractivity contribution is 6.14. The Labute approximate surface area is 284 Å². The second-order valence-electron chi connectivity index (χ2n) is 13.5. The van der Waals surface area contributed by atoms with Crippen molar-refractivity contribution >= 4 is 51.0 Å². The minimum Gasteiger partial charge on any atom is -0.456 e. The molecule has 3 aliphatic rings. The van der Waals surface area contributed by atoms with Crippen LogP contribution in [0.5, 0.6) is 0 Å². The molecule has 0 unspecified atom stereocenters. The van der Waals surface area contributed by atoms with E-state index in [9.17, 15) is 0 Å². The molecule has 5 heteroatoms. The van der Waals surface area contributed by atoms with Gasteiger partial charge in [0, 0.05) is 75.9 Å². The number of fused-ring (bicyclic) bond motifs is 9. The second-order valence-corrected chi connectivity index (χ2v) is 13.5. The summed E-state index contributed by atoms with van der Waals surface area (Å²) in [5.41, 5.74) is 17.0. The van der Waals surface area contributed by atoms with Gasteiger partial charge in [0.2, 0.25) is 0 Å². The zero-order valence-corrected chi connectivity index (χ0v) is 27.2. The first-order chi connectivity index (χ1) is 24.1. The maximum atomic E-state index is 6.55. The first kappa shape index (κ1) is 27.9. The first-order valence-corrected chi connectivity index (χ1v) is 16.8. The Morgan fingerprint density at radius 1 is 0.694 bits per heavy atom. The fourth-order valence-corrected chi connectivity index (χ4v) is 8.22. The summed E-state index contributed by atoms with van der Waals surface area (Å²) in [4.78, 5) is 11.4. The molecule has 0 fully saturated rings. The van der Waals surface area contributed by atoms with E-state index in [1.807, 2.05) is 18.5 Å².